The van der Waals surface area contributed by atoms with Crippen molar-refractivity contribution in [2.24, 2.45) is 0 Å². The first-order chi connectivity index (χ1) is 8.91. The van der Waals surface area contributed by atoms with Gasteiger partial charge in [-0.15, -0.1) is 6.42 Å². The van der Waals surface area contributed by atoms with E-state index in [-0.39, 0.29) is 16.4 Å². The third-order valence-corrected chi connectivity index (χ3v) is 2.58. The molecule has 1 aromatic heterocycles. The summed E-state index contributed by atoms with van der Waals surface area (Å²) in [7, 11) is 0. The fourth-order valence-electron chi connectivity index (χ4n) is 1.49. The molecule has 0 aliphatic rings. The van der Waals surface area contributed by atoms with Crippen molar-refractivity contribution in [3.8, 4) is 23.7 Å². The standard InChI is InChI=1S/C13H6ClF3N2/c1-2-8-6-18-12(19-7-8)10-4-3-9(14)5-11(10)13(15,16)17/h1,3-7H. The van der Waals surface area contributed by atoms with Crippen LogP contribution in [0.4, 0.5) is 13.2 Å². The van der Waals surface area contributed by atoms with Crippen LogP contribution in [0.25, 0.3) is 11.4 Å². The molecule has 0 aliphatic carbocycles. The predicted octanol–water partition coefficient (Wildman–Crippen LogP) is 3.80. The molecule has 19 heavy (non-hydrogen) atoms. The van der Waals surface area contributed by atoms with E-state index in [2.05, 4.69) is 15.9 Å². The molecule has 0 fully saturated rings. The van der Waals surface area contributed by atoms with Gasteiger partial charge in [-0.25, -0.2) is 9.97 Å². The highest BCUT2D eigenvalue weighted by Crippen LogP contribution is 2.37. The molecule has 2 aromatic rings. The molecule has 6 heteroatoms. The van der Waals surface area contributed by atoms with Crippen molar-refractivity contribution in [3.63, 3.8) is 0 Å². The van der Waals surface area contributed by atoms with Gasteiger partial charge in [-0.1, -0.05) is 17.5 Å². The molecule has 0 N–H and O–H groups in total. The van der Waals surface area contributed by atoms with Gasteiger partial charge in [0.05, 0.1) is 11.1 Å². The minimum Gasteiger partial charge on any atom is -0.235 e. The number of hydrogen-bond donors (Lipinski definition) is 0. The number of benzene rings is 1. The molecule has 2 nitrogen and oxygen atoms in total. The van der Waals surface area contributed by atoms with Crippen LogP contribution in [0.3, 0.4) is 0 Å². The molecule has 0 atom stereocenters. The maximum Gasteiger partial charge on any atom is 0.417 e. The van der Waals surface area contributed by atoms with Gasteiger partial charge in [-0.05, 0) is 18.2 Å². The van der Waals surface area contributed by atoms with E-state index in [9.17, 15) is 13.2 Å². The van der Waals surface area contributed by atoms with E-state index in [0.717, 1.165) is 6.07 Å². The molecule has 1 aromatic carbocycles. The molecule has 0 amide bonds. The molecular formula is C13H6ClF3N2. The Bertz CT molecular complexity index is 642. The number of aromatic nitrogens is 2. The minimum absolute atomic E-state index is 0.00341. The van der Waals surface area contributed by atoms with Gasteiger partial charge >= 0.3 is 6.18 Å². The zero-order valence-electron chi connectivity index (χ0n) is 9.37. The Kier molecular flexibility index (Phi) is 3.45. The van der Waals surface area contributed by atoms with Gasteiger partial charge in [0, 0.05) is 23.0 Å². The van der Waals surface area contributed by atoms with Crippen molar-refractivity contribution in [2.45, 2.75) is 6.18 Å². The third-order valence-electron chi connectivity index (χ3n) is 2.35. The first-order valence-electron chi connectivity index (χ1n) is 5.07. The Balaban J connectivity index is 2.58. The number of terminal acetylenes is 1. The summed E-state index contributed by atoms with van der Waals surface area (Å²) in [5.74, 6) is 2.24. The zero-order chi connectivity index (χ0) is 14.0. The van der Waals surface area contributed by atoms with Crippen molar-refractivity contribution in [2.75, 3.05) is 0 Å². The van der Waals surface area contributed by atoms with E-state index in [1.165, 1.54) is 24.5 Å². The number of rotatable bonds is 1. The maximum atomic E-state index is 12.9. The minimum atomic E-state index is -4.53. The summed E-state index contributed by atoms with van der Waals surface area (Å²) >= 11 is 5.59. The lowest BCUT2D eigenvalue weighted by Gasteiger charge is -2.12. The summed E-state index contributed by atoms with van der Waals surface area (Å²) in [4.78, 5) is 7.65. The molecule has 0 bridgehead atoms. The van der Waals surface area contributed by atoms with Crippen LogP contribution in [0.5, 0.6) is 0 Å². The fraction of sp³-hybridized carbons (Fsp3) is 0.0769. The van der Waals surface area contributed by atoms with E-state index >= 15 is 0 Å². The Hall–Kier alpha value is -2.06. The third kappa shape index (κ3) is 2.85. The smallest absolute Gasteiger partial charge is 0.235 e. The summed E-state index contributed by atoms with van der Waals surface area (Å²) in [6.45, 7) is 0. The lowest BCUT2D eigenvalue weighted by atomic mass is 10.1. The first kappa shape index (κ1) is 13.4. The Morgan fingerprint density at radius 1 is 1.16 bits per heavy atom. The molecule has 0 unspecified atom stereocenters. The van der Waals surface area contributed by atoms with Crippen LogP contribution in [-0.4, -0.2) is 9.97 Å². The molecule has 1 heterocycles. The number of hydrogen-bond acceptors (Lipinski definition) is 2. The average Bonchev–Trinajstić information content (AvgIpc) is 2.38. The van der Waals surface area contributed by atoms with Gasteiger partial charge in [-0.2, -0.15) is 13.2 Å². The fourth-order valence-corrected chi connectivity index (χ4v) is 1.66. The molecule has 0 saturated heterocycles. The monoisotopic (exact) mass is 282 g/mol. The molecule has 0 saturated carbocycles. The van der Waals surface area contributed by atoms with Gasteiger partial charge in [-0.3, -0.25) is 0 Å². The van der Waals surface area contributed by atoms with Crippen LogP contribution in [0.1, 0.15) is 11.1 Å². The molecule has 0 spiro atoms. The topological polar surface area (TPSA) is 25.8 Å². The lowest BCUT2D eigenvalue weighted by Crippen LogP contribution is -2.08. The normalized spacial score (nSPS) is 11.1. The largest absolute Gasteiger partial charge is 0.417 e. The maximum absolute atomic E-state index is 12.9. The molecule has 0 radical (unpaired) electrons. The van der Waals surface area contributed by atoms with Crippen molar-refractivity contribution in [3.05, 3.63) is 46.7 Å². The van der Waals surface area contributed by atoms with E-state index in [0.29, 0.717) is 5.56 Å². The summed E-state index contributed by atoms with van der Waals surface area (Å²) in [5.41, 5.74) is -0.625. The van der Waals surface area contributed by atoms with Crippen LogP contribution >= 0.6 is 11.6 Å². The second kappa shape index (κ2) is 4.90. The molecule has 0 aliphatic heterocycles. The van der Waals surface area contributed by atoms with Crippen LogP contribution in [-0.2, 0) is 6.18 Å². The van der Waals surface area contributed by atoms with Gasteiger partial charge in [0.1, 0.15) is 0 Å². The predicted molar refractivity (Wildman–Crippen MR) is 65.4 cm³/mol. The first-order valence-corrected chi connectivity index (χ1v) is 5.45. The van der Waals surface area contributed by atoms with Crippen LogP contribution in [0, 0.1) is 12.3 Å². The quantitative estimate of drug-likeness (QED) is 0.744. The SMILES string of the molecule is C#Cc1cnc(-c2ccc(Cl)cc2C(F)(F)F)nc1. The van der Waals surface area contributed by atoms with Crippen LogP contribution in [0.15, 0.2) is 30.6 Å². The van der Waals surface area contributed by atoms with Crippen molar-refractivity contribution < 1.29 is 13.2 Å². The van der Waals surface area contributed by atoms with E-state index in [1.54, 1.807) is 0 Å². The van der Waals surface area contributed by atoms with E-state index in [4.69, 9.17) is 18.0 Å². The Morgan fingerprint density at radius 2 is 1.79 bits per heavy atom. The molecule has 2 rings (SSSR count). The zero-order valence-corrected chi connectivity index (χ0v) is 10.1. The van der Waals surface area contributed by atoms with Gasteiger partial charge in [0.15, 0.2) is 5.82 Å². The molecule has 96 valence electrons. The van der Waals surface area contributed by atoms with Gasteiger partial charge in [0.25, 0.3) is 0 Å². The van der Waals surface area contributed by atoms with Crippen molar-refractivity contribution >= 4 is 11.6 Å². The lowest BCUT2D eigenvalue weighted by molar-refractivity contribution is -0.137. The summed E-state index contributed by atoms with van der Waals surface area (Å²) in [5, 5.41) is -0.00341. The number of alkyl halides is 3. The summed E-state index contributed by atoms with van der Waals surface area (Å²) in [6, 6.07) is 3.43. The van der Waals surface area contributed by atoms with Gasteiger partial charge < -0.3 is 0 Å². The highest BCUT2D eigenvalue weighted by Gasteiger charge is 2.34. The Morgan fingerprint density at radius 3 is 2.32 bits per heavy atom. The van der Waals surface area contributed by atoms with E-state index in [1.807, 2.05) is 0 Å². The summed E-state index contributed by atoms with van der Waals surface area (Å²) in [6.07, 6.45) is 3.17. The average molecular weight is 283 g/mol. The van der Waals surface area contributed by atoms with Crippen LogP contribution < -0.4 is 0 Å². The number of halogens is 4. The number of nitrogens with zero attached hydrogens (tertiary/aromatic N) is 2. The van der Waals surface area contributed by atoms with Crippen LogP contribution in [0.2, 0.25) is 5.02 Å². The van der Waals surface area contributed by atoms with Crippen molar-refractivity contribution in [1.82, 2.24) is 9.97 Å². The van der Waals surface area contributed by atoms with E-state index < -0.39 is 11.7 Å². The second-order valence-electron chi connectivity index (χ2n) is 3.63. The van der Waals surface area contributed by atoms with Crippen molar-refractivity contribution in [1.29, 1.82) is 0 Å². The highest BCUT2D eigenvalue weighted by atomic mass is 35.5. The Labute approximate surface area is 112 Å². The van der Waals surface area contributed by atoms with Gasteiger partial charge in [0.2, 0.25) is 0 Å². The second-order valence-corrected chi connectivity index (χ2v) is 4.06. The highest BCUT2D eigenvalue weighted by molar-refractivity contribution is 6.30. The molecular weight excluding hydrogens is 277 g/mol. The summed E-state index contributed by atoms with van der Waals surface area (Å²) < 4.78 is 38.7.